The van der Waals surface area contributed by atoms with Crippen LogP contribution in [0.15, 0.2) is 71.9 Å². The first-order valence-corrected chi connectivity index (χ1v) is 11.5. The molecule has 2 heterocycles. The number of hydrogen-bond donors (Lipinski definition) is 1. The van der Waals surface area contributed by atoms with E-state index in [9.17, 15) is 13.2 Å². The van der Waals surface area contributed by atoms with E-state index in [0.29, 0.717) is 30.3 Å². The van der Waals surface area contributed by atoms with Crippen molar-refractivity contribution in [1.82, 2.24) is 9.29 Å². The van der Waals surface area contributed by atoms with Gasteiger partial charge in [-0.05, 0) is 67.4 Å². The number of rotatable bonds is 6. The van der Waals surface area contributed by atoms with Crippen LogP contribution in [-0.4, -0.2) is 36.7 Å². The first-order chi connectivity index (χ1) is 14.9. The van der Waals surface area contributed by atoms with E-state index in [1.165, 1.54) is 22.5 Å². The number of anilines is 1. The molecule has 1 aromatic heterocycles. The van der Waals surface area contributed by atoms with Crippen LogP contribution in [0.3, 0.4) is 0 Å². The van der Waals surface area contributed by atoms with Crippen LogP contribution in [0.4, 0.5) is 5.69 Å². The number of sulfonamides is 1. The molecular weight excluding hydrogens is 438 g/mol. The zero-order valence-corrected chi connectivity index (χ0v) is 18.1. The van der Waals surface area contributed by atoms with Crippen molar-refractivity contribution in [2.45, 2.75) is 17.7 Å². The molecule has 1 fully saturated rings. The SMILES string of the molecule is O=C(Nc1ccc(Oc2ccncc2)cc1)c1cc(S(=O)(=O)N2CCCC2)ccc1Cl. The normalized spacial score (nSPS) is 14.4. The molecule has 4 rings (SSSR count). The molecule has 1 amide bonds. The Labute approximate surface area is 185 Å². The van der Waals surface area contributed by atoms with Gasteiger partial charge in [0.25, 0.3) is 5.91 Å². The molecule has 1 saturated heterocycles. The predicted molar refractivity (Wildman–Crippen MR) is 118 cm³/mol. The van der Waals surface area contributed by atoms with Gasteiger partial charge in [-0.25, -0.2) is 8.42 Å². The summed E-state index contributed by atoms with van der Waals surface area (Å²) in [5.41, 5.74) is 0.620. The Morgan fingerprint density at radius 1 is 0.968 bits per heavy atom. The Kier molecular flexibility index (Phi) is 6.22. The molecule has 1 aliphatic heterocycles. The van der Waals surface area contributed by atoms with E-state index in [-0.39, 0.29) is 15.5 Å². The van der Waals surface area contributed by atoms with Crippen molar-refractivity contribution >= 4 is 33.2 Å². The zero-order chi connectivity index (χ0) is 21.8. The average molecular weight is 458 g/mol. The number of carbonyl (C=O) groups excluding carboxylic acids is 1. The molecule has 0 bridgehead atoms. The van der Waals surface area contributed by atoms with Gasteiger partial charge >= 0.3 is 0 Å². The lowest BCUT2D eigenvalue weighted by molar-refractivity contribution is 0.102. The van der Waals surface area contributed by atoms with Gasteiger partial charge in [0.2, 0.25) is 10.0 Å². The van der Waals surface area contributed by atoms with E-state index in [1.807, 2.05) is 0 Å². The van der Waals surface area contributed by atoms with Gasteiger partial charge in [0.1, 0.15) is 11.5 Å². The highest BCUT2D eigenvalue weighted by atomic mass is 35.5. The van der Waals surface area contributed by atoms with Crippen LogP contribution in [-0.2, 0) is 10.0 Å². The molecule has 0 saturated carbocycles. The Morgan fingerprint density at radius 3 is 2.29 bits per heavy atom. The van der Waals surface area contributed by atoms with Gasteiger partial charge in [0, 0.05) is 31.2 Å². The fourth-order valence-corrected chi connectivity index (χ4v) is 5.01. The van der Waals surface area contributed by atoms with Gasteiger partial charge in [-0.3, -0.25) is 9.78 Å². The predicted octanol–water partition coefficient (Wildman–Crippen LogP) is 4.56. The van der Waals surface area contributed by atoms with Crippen LogP contribution in [0.1, 0.15) is 23.2 Å². The van der Waals surface area contributed by atoms with E-state index in [4.69, 9.17) is 16.3 Å². The summed E-state index contributed by atoms with van der Waals surface area (Å²) in [6.07, 6.45) is 4.93. The summed E-state index contributed by atoms with van der Waals surface area (Å²) in [5, 5.41) is 2.92. The molecule has 2 aromatic carbocycles. The van der Waals surface area contributed by atoms with Crippen LogP contribution >= 0.6 is 11.6 Å². The van der Waals surface area contributed by atoms with Crippen LogP contribution in [0.25, 0.3) is 0 Å². The summed E-state index contributed by atoms with van der Waals surface area (Å²) >= 11 is 6.19. The van der Waals surface area contributed by atoms with Crippen molar-refractivity contribution in [2.75, 3.05) is 18.4 Å². The lowest BCUT2D eigenvalue weighted by Crippen LogP contribution is -2.28. The smallest absolute Gasteiger partial charge is 0.257 e. The fourth-order valence-electron chi connectivity index (χ4n) is 3.26. The lowest BCUT2D eigenvalue weighted by atomic mass is 10.2. The van der Waals surface area contributed by atoms with Crippen LogP contribution in [0, 0.1) is 0 Å². The molecular formula is C22H20ClN3O4S. The summed E-state index contributed by atoms with van der Waals surface area (Å²) in [6.45, 7) is 0.973. The second-order valence-corrected chi connectivity index (χ2v) is 9.36. The van der Waals surface area contributed by atoms with Gasteiger partial charge in [0.15, 0.2) is 0 Å². The molecule has 160 valence electrons. The number of amides is 1. The maximum Gasteiger partial charge on any atom is 0.257 e. The van der Waals surface area contributed by atoms with Gasteiger partial charge in [-0.2, -0.15) is 4.31 Å². The van der Waals surface area contributed by atoms with Crippen LogP contribution in [0.2, 0.25) is 5.02 Å². The highest BCUT2D eigenvalue weighted by Gasteiger charge is 2.28. The number of nitrogens with zero attached hydrogens (tertiary/aromatic N) is 2. The zero-order valence-electron chi connectivity index (χ0n) is 16.5. The Morgan fingerprint density at radius 2 is 1.61 bits per heavy atom. The maximum absolute atomic E-state index is 12.8. The monoisotopic (exact) mass is 457 g/mol. The summed E-state index contributed by atoms with van der Waals surface area (Å²) in [5.74, 6) is 0.752. The van der Waals surface area contributed by atoms with Gasteiger partial charge in [0.05, 0.1) is 15.5 Å². The number of nitrogens with one attached hydrogen (secondary N) is 1. The second kappa shape index (κ2) is 9.05. The molecule has 31 heavy (non-hydrogen) atoms. The molecule has 0 unspecified atom stereocenters. The molecule has 0 radical (unpaired) electrons. The van der Waals surface area contributed by atoms with Crippen molar-refractivity contribution in [3.05, 3.63) is 77.6 Å². The number of halogens is 1. The van der Waals surface area contributed by atoms with Crippen molar-refractivity contribution < 1.29 is 17.9 Å². The summed E-state index contributed by atoms with van der Waals surface area (Å²) in [4.78, 5) is 16.8. The molecule has 0 atom stereocenters. The summed E-state index contributed by atoms with van der Waals surface area (Å²) in [7, 11) is -3.65. The van der Waals surface area contributed by atoms with E-state index < -0.39 is 15.9 Å². The van der Waals surface area contributed by atoms with Crippen molar-refractivity contribution in [3.63, 3.8) is 0 Å². The third kappa shape index (κ3) is 4.87. The maximum atomic E-state index is 12.8. The highest BCUT2D eigenvalue weighted by Crippen LogP contribution is 2.27. The lowest BCUT2D eigenvalue weighted by Gasteiger charge is -2.16. The molecule has 1 N–H and O–H groups in total. The average Bonchev–Trinajstić information content (AvgIpc) is 3.32. The first kappa shape index (κ1) is 21.3. The number of aromatic nitrogens is 1. The number of hydrogen-bond acceptors (Lipinski definition) is 5. The van der Waals surface area contributed by atoms with Crippen molar-refractivity contribution in [1.29, 1.82) is 0 Å². The number of carbonyl (C=O) groups is 1. The topological polar surface area (TPSA) is 88.6 Å². The Balaban J connectivity index is 1.49. The van der Waals surface area contributed by atoms with Gasteiger partial charge < -0.3 is 10.1 Å². The largest absolute Gasteiger partial charge is 0.457 e. The van der Waals surface area contributed by atoms with Gasteiger partial charge in [-0.1, -0.05) is 11.6 Å². The molecule has 9 heteroatoms. The highest BCUT2D eigenvalue weighted by molar-refractivity contribution is 7.89. The molecule has 1 aliphatic rings. The molecule has 3 aromatic rings. The fraction of sp³-hybridized carbons (Fsp3) is 0.182. The minimum absolute atomic E-state index is 0.0602. The van der Waals surface area contributed by atoms with Crippen molar-refractivity contribution in [2.24, 2.45) is 0 Å². The first-order valence-electron chi connectivity index (χ1n) is 9.72. The third-order valence-corrected chi connectivity index (χ3v) is 7.11. The van der Waals surface area contributed by atoms with Gasteiger partial charge in [-0.15, -0.1) is 0 Å². The summed E-state index contributed by atoms with van der Waals surface area (Å²) in [6, 6.07) is 14.5. The van der Waals surface area contributed by atoms with E-state index >= 15 is 0 Å². The second-order valence-electron chi connectivity index (χ2n) is 7.02. The van der Waals surface area contributed by atoms with E-state index in [1.54, 1.807) is 48.8 Å². The van der Waals surface area contributed by atoms with Crippen LogP contribution in [0.5, 0.6) is 11.5 Å². The van der Waals surface area contributed by atoms with E-state index in [2.05, 4.69) is 10.3 Å². The molecule has 7 nitrogen and oxygen atoms in total. The standard InChI is InChI=1S/C22H20ClN3O4S/c23-21-8-7-19(31(28,29)26-13-1-2-14-26)15-20(21)22(27)25-16-3-5-17(6-4-16)30-18-9-11-24-12-10-18/h3-12,15H,1-2,13-14H2,(H,25,27). The minimum atomic E-state index is -3.65. The Hall–Kier alpha value is -2.94. The molecule has 0 aliphatic carbocycles. The summed E-state index contributed by atoms with van der Waals surface area (Å²) < 4.78 is 32.7. The van der Waals surface area contributed by atoms with Crippen molar-refractivity contribution in [3.8, 4) is 11.5 Å². The number of pyridine rings is 1. The third-order valence-electron chi connectivity index (χ3n) is 4.88. The quantitative estimate of drug-likeness (QED) is 0.586. The Bertz CT molecular complexity index is 1180. The number of ether oxygens (including phenoxy) is 1. The number of benzene rings is 2. The minimum Gasteiger partial charge on any atom is -0.457 e. The van der Waals surface area contributed by atoms with Crippen LogP contribution < -0.4 is 10.1 Å². The molecule has 0 spiro atoms. The van der Waals surface area contributed by atoms with E-state index in [0.717, 1.165) is 12.8 Å².